The van der Waals surface area contributed by atoms with Crippen molar-refractivity contribution in [2.45, 2.75) is 33.6 Å². The van der Waals surface area contributed by atoms with E-state index in [9.17, 15) is 0 Å². The standard InChI is InChI=1S/C9H16/c1-5-9(4)7-6-8(2)3/h5H,2,6-7H2,1,3-4H3/b9-5+. The summed E-state index contributed by atoms with van der Waals surface area (Å²) in [6.45, 7) is 10.1. The third-order valence-electron chi connectivity index (χ3n) is 1.44. The molecular weight excluding hydrogens is 108 g/mol. The number of allylic oxidation sites excluding steroid dienone is 3. The first-order valence-corrected chi connectivity index (χ1v) is 3.43. The van der Waals surface area contributed by atoms with Gasteiger partial charge in [-0.2, -0.15) is 0 Å². The Hall–Kier alpha value is -0.520. The van der Waals surface area contributed by atoms with Crippen LogP contribution in [0.3, 0.4) is 0 Å². The number of rotatable bonds is 3. The van der Waals surface area contributed by atoms with Gasteiger partial charge in [-0.05, 0) is 33.6 Å². The normalized spacial score (nSPS) is 11.7. The zero-order valence-electron chi connectivity index (χ0n) is 6.70. The van der Waals surface area contributed by atoms with Gasteiger partial charge in [0.15, 0.2) is 0 Å². The lowest BCUT2D eigenvalue weighted by Crippen LogP contribution is -1.77. The Balaban J connectivity index is 3.39. The van der Waals surface area contributed by atoms with E-state index >= 15 is 0 Å². The van der Waals surface area contributed by atoms with Crippen LogP contribution in [-0.4, -0.2) is 0 Å². The van der Waals surface area contributed by atoms with Crippen LogP contribution in [0.25, 0.3) is 0 Å². The molecule has 0 spiro atoms. The fourth-order valence-corrected chi connectivity index (χ4v) is 0.555. The van der Waals surface area contributed by atoms with Crippen molar-refractivity contribution in [1.82, 2.24) is 0 Å². The van der Waals surface area contributed by atoms with Gasteiger partial charge in [0, 0.05) is 0 Å². The predicted molar refractivity (Wildman–Crippen MR) is 43.5 cm³/mol. The van der Waals surface area contributed by atoms with Crippen molar-refractivity contribution >= 4 is 0 Å². The Morgan fingerprint density at radius 3 is 2.22 bits per heavy atom. The van der Waals surface area contributed by atoms with Crippen LogP contribution in [0.4, 0.5) is 0 Å². The smallest absolute Gasteiger partial charge is 0.0286 e. The molecule has 0 saturated heterocycles. The maximum atomic E-state index is 3.83. The molecule has 0 rings (SSSR count). The molecule has 0 aliphatic rings. The molecule has 0 heterocycles. The van der Waals surface area contributed by atoms with Gasteiger partial charge >= 0.3 is 0 Å². The van der Waals surface area contributed by atoms with Gasteiger partial charge < -0.3 is 0 Å². The van der Waals surface area contributed by atoms with Crippen molar-refractivity contribution in [2.75, 3.05) is 0 Å². The van der Waals surface area contributed by atoms with E-state index in [0.717, 1.165) is 6.42 Å². The number of hydrogen-bond donors (Lipinski definition) is 0. The van der Waals surface area contributed by atoms with E-state index in [0.29, 0.717) is 0 Å². The van der Waals surface area contributed by atoms with E-state index < -0.39 is 0 Å². The highest BCUT2D eigenvalue weighted by Gasteiger charge is 1.87. The third-order valence-corrected chi connectivity index (χ3v) is 1.44. The summed E-state index contributed by atoms with van der Waals surface area (Å²) in [7, 11) is 0. The molecule has 0 aliphatic heterocycles. The second kappa shape index (κ2) is 4.37. The lowest BCUT2D eigenvalue weighted by atomic mass is 10.1. The molecular formula is C9H16. The molecule has 0 saturated carbocycles. The van der Waals surface area contributed by atoms with Crippen molar-refractivity contribution in [2.24, 2.45) is 0 Å². The summed E-state index contributed by atoms with van der Waals surface area (Å²) in [6.07, 6.45) is 4.46. The maximum absolute atomic E-state index is 3.83. The molecule has 0 aromatic carbocycles. The van der Waals surface area contributed by atoms with Crippen LogP contribution in [0.2, 0.25) is 0 Å². The van der Waals surface area contributed by atoms with Gasteiger partial charge in [-0.1, -0.05) is 17.2 Å². The SMILES string of the molecule is C=C(C)CC/C(C)=C/C. The fraction of sp³-hybridized carbons (Fsp3) is 0.556. The van der Waals surface area contributed by atoms with E-state index in [1.54, 1.807) is 0 Å². The molecule has 0 unspecified atom stereocenters. The van der Waals surface area contributed by atoms with E-state index in [4.69, 9.17) is 0 Å². The van der Waals surface area contributed by atoms with Crippen molar-refractivity contribution in [3.8, 4) is 0 Å². The number of hydrogen-bond acceptors (Lipinski definition) is 0. The summed E-state index contributed by atoms with van der Waals surface area (Å²) in [5.41, 5.74) is 2.73. The van der Waals surface area contributed by atoms with Crippen LogP contribution in [-0.2, 0) is 0 Å². The molecule has 0 aliphatic carbocycles. The first kappa shape index (κ1) is 8.48. The Labute approximate surface area is 58.3 Å². The van der Waals surface area contributed by atoms with E-state index in [1.165, 1.54) is 17.6 Å². The highest BCUT2D eigenvalue weighted by molar-refractivity contribution is 5.00. The van der Waals surface area contributed by atoms with Crippen LogP contribution < -0.4 is 0 Å². The molecule has 0 heteroatoms. The minimum Gasteiger partial charge on any atom is -0.100 e. The summed E-state index contributed by atoms with van der Waals surface area (Å²) >= 11 is 0. The van der Waals surface area contributed by atoms with Gasteiger partial charge in [0.25, 0.3) is 0 Å². The largest absolute Gasteiger partial charge is 0.100 e. The molecule has 52 valence electrons. The average Bonchev–Trinajstić information content (AvgIpc) is 1.83. The van der Waals surface area contributed by atoms with Gasteiger partial charge in [0.2, 0.25) is 0 Å². The second-order valence-electron chi connectivity index (χ2n) is 2.59. The van der Waals surface area contributed by atoms with Crippen molar-refractivity contribution < 1.29 is 0 Å². The predicted octanol–water partition coefficient (Wildman–Crippen LogP) is 3.31. The summed E-state index contributed by atoms with van der Waals surface area (Å²) in [5, 5.41) is 0. The Kier molecular flexibility index (Phi) is 4.12. The van der Waals surface area contributed by atoms with Crippen LogP contribution in [0.1, 0.15) is 33.6 Å². The molecule has 0 aromatic rings. The molecule has 0 amide bonds. The Morgan fingerprint density at radius 1 is 1.33 bits per heavy atom. The van der Waals surface area contributed by atoms with Gasteiger partial charge in [0.1, 0.15) is 0 Å². The molecule has 0 radical (unpaired) electrons. The van der Waals surface area contributed by atoms with Gasteiger partial charge in [0.05, 0.1) is 0 Å². The monoisotopic (exact) mass is 124 g/mol. The minimum absolute atomic E-state index is 1.14. The van der Waals surface area contributed by atoms with Gasteiger partial charge in [-0.3, -0.25) is 0 Å². The topological polar surface area (TPSA) is 0 Å². The summed E-state index contributed by atoms with van der Waals surface area (Å²) < 4.78 is 0. The third kappa shape index (κ3) is 5.35. The first-order chi connectivity index (χ1) is 4.16. The lowest BCUT2D eigenvalue weighted by Gasteiger charge is -1.97. The zero-order chi connectivity index (χ0) is 7.28. The van der Waals surface area contributed by atoms with E-state index in [-0.39, 0.29) is 0 Å². The molecule has 0 bridgehead atoms. The van der Waals surface area contributed by atoms with Crippen LogP contribution in [0.5, 0.6) is 0 Å². The summed E-state index contributed by atoms with van der Waals surface area (Å²) in [5.74, 6) is 0. The summed E-state index contributed by atoms with van der Waals surface area (Å²) in [6, 6.07) is 0. The van der Waals surface area contributed by atoms with Crippen molar-refractivity contribution in [3.63, 3.8) is 0 Å². The molecule has 0 N–H and O–H groups in total. The Bertz CT molecular complexity index is 118. The highest BCUT2D eigenvalue weighted by Crippen LogP contribution is 2.07. The molecule has 0 fully saturated rings. The van der Waals surface area contributed by atoms with Crippen LogP contribution >= 0.6 is 0 Å². The van der Waals surface area contributed by atoms with Crippen molar-refractivity contribution in [3.05, 3.63) is 23.8 Å². The summed E-state index contributed by atoms with van der Waals surface area (Å²) in [4.78, 5) is 0. The van der Waals surface area contributed by atoms with Crippen LogP contribution in [0.15, 0.2) is 23.8 Å². The quantitative estimate of drug-likeness (QED) is 0.506. The van der Waals surface area contributed by atoms with Crippen LogP contribution in [0, 0.1) is 0 Å². The van der Waals surface area contributed by atoms with E-state index in [1.807, 2.05) is 0 Å². The van der Waals surface area contributed by atoms with Gasteiger partial charge in [-0.15, -0.1) is 6.58 Å². The molecule has 0 atom stereocenters. The first-order valence-electron chi connectivity index (χ1n) is 3.43. The van der Waals surface area contributed by atoms with Crippen molar-refractivity contribution in [1.29, 1.82) is 0 Å². The second-order valence-corrected chi connectivity index (χ2v) is 2.59. The lowest BCUT2D eigenvalue weighted by molar-refractivity contribution is 0.926. The zero-order valence-corrected chi connectivity index (χ0v) is 6.70. The molecule has 0 nitrogen and oxygen atoms in total. The average molecular weight is 124 g/mol. The fourth-order valence-electron chi connectivity index (χ4n) is 0.555. The molecule has 9 heavy (non-hydrogen) atoms. The minimum atomic E-state index is 1.14. The Morgan fingerprint density at radius 2 is 1.89 bits per heavy atom. The highest BCUT2D eigenvalue weighted by atomic mass is 13.9. The van der Waals surface area contributed by atoms with Gasteiger partial charge in [-0.25, -0.2) is 0 Å². The maximum Gasteiger partial charge on any atom is -0.0286 e. The molecule has 0 aromatic heterocycles. The van der Waals surface area contributed by atoms with E-state index in [2.05, 4.69) is 33.4 Å².